The molecule has 5 heteroatoms. The van der Waals surface area contributed by atoms with Crippen molar-refractivity contribution in [3.63, 3.8) is 0 Å². The molecule has 25 heavy (non-hydrogen) atoms. The van der Waals surface area contributed by atoms with Gasteiger partial charge in [-0.25, -0.2) is 4.39 Å². The minimum Gasteiger partial charge on any atom is -0.371 e. The molecule has 0 atom stereocenters. The summed E-state index contributed by atoms with van der Waals surface area (Å²) in [4.78, 5) is 18.1. The number of hydrogen-bond acceptors (Lipinski definition) is 2. The molecule has 3 aromatic rings. The van der Waals surface area contributed by atoms with Gasteiger partial charge in [-0.3, -0.25) is 4.79 Å². The molecule has 1 aliphatic rings. The number of pyridine rings is 1. The first-order valence-electron chi connectivity index (χ1n) is 8.43. The van der Waals surface area contributed by atoms with Crippen molar-refractivity contribution in [2.75, 3.05) is 18.0 Å². The molecule has 1 N–H and O–H groups in total. The van der Waals surface area contributed by atoms with Crippen LogP contribution in [-0.4, -0.2) is 24.2 Å². The number of H-pyrrole nitrogens is 1. The molecule has 0 amide bonds. The largest absolute Gasteiger partial charge is 0.371 e. The highest BCUT2D eigenvalue weighted by Gasteiger charge is 2.19. The number of halogens is 2. The fraction of sp³-hybridized carbons (Fsp3) is 0.250. The van der Waals surface area contributed by atoms with Gasteiger partial charge in [-0.15, -0.1) is 0 Å². The number of nitrogens with zero attached hydrogens (tertiary/aromatic N) is 1. The summed E-state index contributed by atoms with van der Waals surface area (Å²) in [6.07, 6.45) is 0.505. The number of aromatic nitrogens is 1. The third kappa shape index (κ3) is 3.09. The lowest BCUT2D eigenvalue weighted by atomic mass is 10.1. The Hall–Kier alpha value is -2.14. The fourth-order valence-electron chi connectivity index (χ4n) is 3.36. The number of fused-ring (bicyclic) bond motifs is 1. The lowest BCUT2D eigenvalue weighted by Gasteiger charge is -2.30. The van der Waals surface area contributed by atoms with E-state index < -0.39 is 6.17 Å². The summed E-state index contributed by atoms with van der Waals surface area (Å²) in [5, 5.41) is 0.670. The summed E-state index contributed by atoms with van der Waals surface area (Å²) < 4.78 is 13.8. The minimum atomic E-state index is -0.672. The zero-order chi connectivity index (χ0) is 17.4. The first-order chi connectivity index (χ1) is 12.1. The van der Waals surface area contributed by atoms with E-state index in [0.29, 0.717) is 22.7 Å². The summed E-state index contributed by atoms with van der Waals surface area (Å²) in [6.45, 7) is 1.49. The summed E-state index contributed by atoms with van der Waals surface area (Å²) >= 11 is 3.44. The van der Waals surface area contributed by atoms with Crippen molar-refractivity contribution in [2.45, 2.75) is 19.0 Å². The van der Waals surface area contributed by atoms with Gasteiger partial charge < -0.3 is 9.88 Å². The van der Waals surface area contributed by atoms with E-state index >= 15 is 0 Å². The topological polar surface area (TPSA) is 36.1 Å². The van der Waals surface area contributed by atoms with Crippen LogP contribution in [0.4, 0.5) is 10.1 Å². The summed E-state index contributed by atoms with van der Waals surface area (Å²) in [7, 11) is 0. The number of nitrogens with one attached hydrogen (secondary N) is 1. The van der Waals surface area contributed by atoms with Crippen LogP contribution in [0.2, 0.25) is 0 Å². The zero-order valence-electron chi connectivity index (χ0n) is 13.6. The van der Waals surface area contributed by atoms with Gasteiger partial charge in [0.25, 0.3) is 0 Å². The van der Waals surface area contributed by atoms with Crippen molar-refractivity contribution in [1.29, 1.82) is 0 Å². The Morgan fingerprint density at radius 1 is 1.04 bits per heavy atom. The van der Waals surface area contributed by atoms with Crippen LogP contribution in [0.25, 0.3) is 22.2 Å². The number of alkyl halides is 1. The summed E-state index contributed by atoms with van der Waals surface area (Å²) in [5.74, 6) is 0. The predicted octanol–water partition coefficient (Wildman–Crippen LogP) is 4.90. The van der Waals surface area contributed by atoms with Crippen molar-refractivity contribution in [3.05, 3.63) is 63.2 Å². The average Bonchev–Trinajstić information content (AvgIpc) is 2.65. The van der Waals surface area contributed by atoms with Gasteiger partial charge in [-0.2, -0.15) is 0 Å². The predicted molar refractivity (Wildman–Crippen MR) is 104 cm³/mol. The Balaban J connectivity index is 1.70. The first-order valence-corrected chi connectivity index (χ1v) is 9.23. The van der Waals surface area contributed by atoms with E-state index in [1.165, 1.54) is 0 Å². The molecule has 1 aromatic heterocycles. The highest BCUT2D eigenvalue weighted by atomic mass is 79.9. The van der Waals surface area contributed by atoms with Crippen LogP contribution in [-0.2, 0) is 0 Å². The Labute approximate surface area is 153 Å². The number of piperidine rings is 1. The maximum Gasteiger partial charge on any atom is 0.204 e. The fourth-order valence-corrected chi connectivity index (χ4v) is 3.90. The molecule has 4 rings (SSSR count). The zero-order valence-corrected chi connectivity index (χ0v) is 15.2. The summed E-state index contributed by atoms with van der Waals surface area (Å²) in [5.41, 5.74) is 3.62. The molecule has 1 saturated heterocycles. The highest BCUT2D eigenvalue weighted by Crippen LogP contribution is 2.29. The third-order valence-corrected chi connectivity index (χ3v) is 5.55. The van der Waals surface area contributed by atoms with Crippen molar-refractivity contribution in [1.82, 2.24) is 4.98 Å². The van der Waals surface area contributed by atoms with E-state index in [1.54, 1.807) is 0 Å². The van der Waals surface area contributed by atoms with E-state index in [2.05, 4.69) is 25.8 Å². The van der Waals surface area contributed by atoms with Crippen LogP contribution in [0.15, 0.2) is 57.8 Å². The van der Waals surface area contributed by atoms with Gasteiger partial charge in [-0.05, 0) is 58.6 Å². The van der Waals surface area contributed by atoms with Gasteiger partial charge in [0.2, 0.25) is 5.43 Å². The van der Waals surface area contributed by atoms with E-state index in [4.69, 9.17) is 0 Å². The lowest BCUT2D eigenvalue weighted by Crippen LogP contribution is -2.34. The van der Waals surface area contributed by atoms with Crippen molar-refractivity contribution in [3.8, 4) is 11.3 Å². The maximum absolute atomic E-state index is 13.3. The Morgan fingerprint density at radius 2 is 1.72 bits per heavy atom. The van der Waals surface area contributed by atoms with Gasteiger partial charge in [0.15, 0.2) is 0 Å². The molecule has 0 spiro atoms. The van der Waals surface area contributed by atoms with Gasteiger partial charge >= 0.3 is 0 Å². The number of para-hydroxylation sites is 1. The molecule has 2 aromatic carbocycles. The second kappa shape index (κ2) is 6.64. The Kier molecular flexibility index (Phi) is 4.34. The van der Waals surface area contributed by atoms with Crippen LogP contribution in [0.1, 0.15) is 12.8 Å². The quantitative estimate of drug-likeness (QED) is 0.664. The van der Waals surface area contributed by atoms with Gasteiger partial charge in [-0.1, -0.05) is 24.3 Å². The van der Waals surface area contributed by atoms with Gasteiger partial charge in [0.1, 0.15) is 6.17 Å². The van der Waals surface area contributed by atoms with E-state index in [1.807, 2.05) is 48.5 Å². The van der Waals surface area contributed by atoms with Crippen LogP contribution in [0.3, 0.4) is 0 Å². The minimum absolute atomic E-state index is 0.0153. The van der Waals surface area contributed by atoms with Gasteiger partial charge in [0.05, 0.1) is 10.2 Å². The summed E-state index contributed by atoms with van der Waals surface area (Å²) in [6, 6.07) is 15.6. The molecule has 2 heterocycles. The Morgan fingerprint density at radius 3 is 2.44 bits per heavy atom. The van der Waals surface area contributed by atoms with Crippen molar-refractivity contribution in [2.24, 2.45) is 0 Å². The molecule has 0 aliphatic carbocycles. The molecular formula is C20H18BrFN2O. The van der Waals surface area contributed by atoms with Crippen molar-refractivity contribution < 1.29 is 4.39 Å². The molecule has 0 bridgehead atoms. The molecule has 0 unspecified atom stereocenters. The van der Waals surface area contributed by atoms with E-state index in [0.717, 1.165) is 35.6 Å². The second-order valence-corrected chi connectivity index (χ2v) is 7.19. The normalized spacial score (nSPS) is 15.7. The standard InChI is InChI=1S/C20H18BrFN2O/c21-18-19(23-17-4-2-1-3-16(17)20(18)25)13-5-7-15(8-6-13)24-11-9-14(22)10-12-24/h1-8,14H,9-12H2,(H,23,25). The lowest BCUT2D eigenvalue weighted by molar-refractivity contribution is 0.277. The van der Waals surface area contributed by atoms with Crippen LogP contribution >= 0.6 is 15.9 Å². The number of rotatable bonds is 2. The monoisotopic (exact) mass is 400 g/mol. The number of benzene rings is 2. The SMILES string of the molecule is O=c1c(Br)c(-c2ccc(N3CCC(F)CC3)cc2)[nH]c2ccccc12. The van der Waals surface area contributed by atoms with Crippen LogP contribution in [0.5, 0.6) is 0 Å². The van der Waals surface area contributed by atoms with Crippen molar-refractivity contribution >= 4 is 32.5 Å². The smallest absolute Gasteiger partial charge is 0.204 e. The average molecular weight is 401 g/mol. The third-order valence-electron chi connectivity index (χ3n) is 4.80. The van der Waals surface area contributed by atoms with Crippen LogP contribution in [0, 0.1) is 0 Å². The van der Waals surface area contributed by atoms with E-state index in [-0.39, 0.29) is 5.43 Å². The van der Waals surface area contributed by atoms with Crippen LogP contribution < -0.4 is 10.3 Å². The number of hydrogen-bond donors (Lipinski definition) is 1. The molecule has 0 radical (unpaired) electrons. The molecule has 128 valence electrons. The first kappa shape index (κ1) is 16.3. The Bertz CT molecular complexity index is 960. The number of anilines is 1. The van der Waals surface area contributed by atoms with Gasteiger partial charge in [0, 0.05) is 29.7 Å². The molecule has 3 nitrogen and oxygen atoms in total. The second-order valence-electron chi connectivity index (χ2n) is 6.40. The van der Waals surface area contributed by atoms with E-state index in [9.17, 15) is 9.18 Å². The highest BCUT2D eigenvalue weighted by molar-refractivity contribution is 9.10. The number of aromatic amines is 1. The maximum atomic E-state index is 13.3. The molecule has 1 fully saturated rings. The molecular weight excluding hydrogens is 383 g/mol. The molecule has 1 aliphatic heterocycles. The molecule has 0 saturated carbocycles.